The number of hydrogen-bond acceptors (Lipinski definition) is 3. The van der Waals surface area contributed by atoms with Crippen molar-refractivity contribution >= 4 is 11.5 Å². The molecule has 4 heteroatoms. The van der Waals surface area contributed by atoms with Crippen LogP contribution in [0.4, 0.5) is 0 Å². The lowest BCUT2D eigenvalue weighted by atomic mass is 9.92. The van der Waals surface area contributed by atoms with Crippen LogP contribution in [0.2, 0.25) is 0 Å². The first-order chi connectivity index (χ1) is 14.2. The zero-order chi connectivity index (χ0) is 20.9. The fraction of sp³-hybridized carbons (Fsp3) is 0.480. The normalized spacial score (nSPS) is 12.7. The van der Waals surface area contributed by atoms with Crippen molar-refractivity contribution in [3.05, 3.63) is 65.8 Å². The van der Waals surface area contributed by atoms with Crippen molar-refractivity contribution in [2.45, 2.75) is 77.6 Å². The van der Waals surface area contributed by atoms with Crippen LogP contribution in [0.3, 0.4) is 0 Å². The van der Waals surface area contributed by atoms with Gasteiger partial charge in [0.15, 0.2) is 5.82 Å². The van der Waals surface area contributed by atoms with Crippen molar-refractivity contribution in [3.63, 3.8) is 0 Å². The molecule has 1 aromatic carbocycles. The van der Waals surface area contributed by atoms with E-state index in [4.69, 9.17) is 0 Å². The average Bonchev–Trinajstić information content (AvgIpc) is 2.74. The van der Waals surface area contributed by atoms with Crippen molar-refractivity contribution in [1.29, 1.82) is 0 Å². The second-order valence-corrected chi connectivity index (χ2v) is 7.62. The van der Waals surface area contributed by atoms with Crippen LogP contribution in [0.1, 0.15) is 88.1 Å². The zero-order valence-corrected chi connectivity index (χ0v) is 17.8. The summed E-state index contributed by atoms with van der Waals surface area (Å²) in [6, 6.07) is 10.0. The third-order valence-electron chi connectivity index (χ3n) is 5.19. The van der Waals surface area contributed by atoms with E-state index >= 15 is 0 Å². The molecule has 156 valence electrons. The van der Waals surface area contributed by atoms with Gasteiger partial charge in [0.25, 0.3) is 0 Å². The summed E-state index contributed by atoms with van der Waals surface area (Å²) in [6.45, 7) is 4.33. The topological polar surface area (TPSA) is 63.1 Å². The van der Waals surface area contributed by atoms with Crippen LogP contribution in [0.25, 0.3) is 5.57 Å². The number of carbonyl (C=O) groups is 1. The summed E-state index contributed by atoms with van der Waals surface area (Å²) >= 11 is 0. The van der Waals surface area contributed by atoms with Gasteiger partial charge in [-0.2, -0.15) is 0 Å². The molecule has 0 aliphatic carbocycles. The van der Waals surface area contributed by atoms with E-state index in [1.165, 1.54) is 32.1 Å². The smallest absolute Gasteiger partial charge is 0.339 e. The van der Waals surface area contributed by atoms with Crippen LogP contribution in [0.15, 0.2) is 48.8 Å². The number of carboxylic acids is 1. The maximum atomic E-state index is 11.9. The summed E-state index contributed by atoms with van der Waals surface area (Å²) in [5.41, 5.74) is 2.37. The van der Waals surface area contributed by atoms with Crippen LogP contribution in [0, 0.1) is 0 Å². The summed E-state index contributed by atoms with van der Waals surface area (Å²) in [5.74, 6) is -0.648. The molecule has 0 fully saturated rings. The Morgan fingerprint density at radius 1 is 0.966 bits per heavy atom. The van der Waals surface area contributed by atoms with Gasteiger partial charge >= 0.3 is 5.97 Å². The average molecular weight is 395 g/mol. The highest BCUT2D eigenvalue weighted by Gasteiger charge is 2.17. The van der Waals surface area contributed by atoms with Crippen molar-refractivity contribution in [1.82, 2.24) is 9.97 Å². The molecule has 4 nitrogen and oxygen atoms in total. The minimum Gasteiger partial charge on any atom is -0.478 e. The highest BCUT2D eigenvalue weighted by molar-refractivity contribution is 6.14. The van der Waals surface area contributed by atoms with E-state index < -0.39 is 5.97 Å². The summed E-state index contributed by atoms with van der Waals surface area (Å²) in [7, 11) is 0. The fourth-order valence-corrected chi connectivity index (χ4v) is 3.53. The van der Waals surface area contributed by atoms with Gasteiger partial charge in [0, 0.05) is 18.3 Å². The predicted octanol–water partition coefficient (Wildman–Crippen LogP) is 6.43. The molecule has 0 spiro atoms. The minimum absolute atomic E-state index is 0.0405. The number of hydrogen-bond donors (Lipinski definition) is 1. The van der Waals surface area contributed by atoms with Gasteiger partial charge in [-0.3, -0.25) is 0 Å². The SMILES string of the molecule is CCCCCCCCc1cnc(/C(=C\C(CCC)c2ccccc2)C(=O)O)nc1. The second-order valence-electron chi connectivity index (χ2n) is 7.62. The molecule has 1 aromatic heterocycles. The maximum Gasteiger partial charge on any atom is 0.339 e. The molecule has 0 bridgehead atoms. The summed E-state index contributed by atoms with van der Waals surface area (Å²) in [6.07, 6.45) is 15.7. The van der Waals surface area contributed by atoms with Crippen molar-refractivity contribution in [3.8, 4) is 0 Å². The highest BCUT2D eigenvalue weighted by atomic mass is 16.4. The van der Waals surface area contributed by atoms with Crippen molar-refractivity contribution in [2.24, 2.45) is 0 Å². The van der Waals surface area contributed by atoms with Crippen LogP contribution in [-0.4, -0.2) is 21.0 Å². The molecule has 0 amide bonds. The number of carboxylic acid groups (broad SMARTS) is 1. The van der Waals surface area contributed by atoms with Crippen molar-refractivity contribution in [2.75, 3.05) is 0 Å². The van der Waals surface area contributed by atoms with E-state index in [-0.39, 0.29) is 11.5 Å². The number of benzene rings is 1. The van der Waals surface area contributed by atoms with Gasteiger partial charge in [-0.25, -0.2) is 14.8 Å². The lowest BCUT2D eigenvalue weighted by Crippen LogP contribution is -2.07. The van der Waals surface area contributed by atoms with Gasteiger partial charge in [0.1, 0.15) is 5.57 Å². The molecule has 1 heterocycles. The van der Waals surface area contributed by atoms with Gasteiger partial charge in [-0.15, -0.1) is 0 Å². The number of aryl methyl sites for hydroxylation is 1. The van der Waals surface area contributed by atoms with Gasteiger partial charge in [0.2, 0.25) is 0 Å². The molecule has 2 rings (SSSR count). The van der Waals surface area contributed by atoms with E-state index in [9.17, 15) is 9.90 Å². The Labute approximate surface area is 175 Å². The van der Waals surface area contributed by atoms with E-state index in [1.807, 2.05) is 36.4 Å². The maximum absolute atomic E-state index is 11.9. The Kier molecular flexibility index (Phi) is 10.1. The Bertz CT molecular complexity index is 754. The first kappa shape index (κ1) is 22.8. The molecule has 1 N–H and O–H groups in total. The van der Waals surface area contributed by atoms with Gasteiger partial charge in [-0.1, -0.05) is 88.8 Å². The van der Waals surface area contributed by atoms with Crippen molar-refractivity contribution < 1.29 is 9.90 Å². The van der Waals surface area contributed by atoms with Crippen LogP contribution in [0.5, 0.6) is 0 Å². The van der Waals surface area contributed by atoms with Gasteiger partial charge < -0.3 is 5.11 Å². The molecule has 0 saturated carbocycles. The molecule has 0 aliphatic heterocycles. The third kappa shape index (κ3) is 7.80. The Morgan fingerprint density at radius 3 is 2.24 bits per heavy atom. The molecular formula is C25H34N2O2. The molecule has 0 aliphatic rings. The Hall–Kier alpha value is -2.49. The third-order valence-corrected chi connectivity index (χ3v) is 5.19. The summed E-state index contributed by atoms with van der Waals surface area (Å²) in [4.78, 5) is 20.7. The molecule has 0 radical (unpaired) electrons. The Balaban J connectivity index is 2.07. The minimum atomic E-state index is -0.981. The molecule has 29 heavy (non-hydrogen) atoms. The highest BCUT2D eigenvalue weighted by Crippen LogP contribution is 2.26. The van der Waals surface area contributed by atoms with Gasteiger partial charge in [0.05, 0.1) is 0 Å². The lowest BCUT2D eigenvalue weighted by Gasteiger charge is -2.14. The number of allylic oxidation sites excluding steroid dienone is 1. The van der Waals surface area contributed by atoms with E-state index in [0.29, 0.717) is 5.82 Å². The molecular weight excluding hydrogens is 360 g/mol. The first-order valence-electron chi connectivity index (χ1n) is 11.0. The number of aromatic nitrogens is 2. The first-order valence-corrected chi connectivity index (χ1v) is 11.0. The quantitative estimate of drug-likeness (QED) is 0.314. The van der Waals surface area contributed by atoms with E-state index in [1.54, 1.807) is 12.4 Å². The second kappa shape index (κ2) is 12.9. The predicted molar refractivity (Wildman–Crippen MR) is 119 cm³/mol. The summed E-state index contributed by atoms with van der Waals surface area (Å²) in [5, 5.41) is 9.76. The molecule has 0 saturated heterocycles. The lowest BCUT2D eigenvalue weighted by molar-refractivity contribution is -0.130. The van der Waals surface area contributed by atoms with E-state index in [0.717, 1.165) is 36.8 Å². The summed E-state index contributed by atoms with van der Waals surface area (Å²) < 4.78 is 0. The van der Waals surface area contributed by atoms with Crippen LogP contribution >= 0.6 is 0 Å². The molecule has 1 unspecified atom stereocenters. The van der Waals surface area contributed by atoms with E-state index in [2.05, 4.69) is 23.8 Å². The number of rotatable bonds is 13. The largest absolute Gasteiger partial charge is 0.478 e. The van der Waals surface area contributed by atoms with Gasteiger partial charge in [-0.05, 0) is 30.4 Å². The number of unbranched alkanes of at least 4 members (excludes halogenated alkanes) is 5. The van der Waals surface area contributed by atoms with Crippen LogP contribution < -0.4 is 0 Å². The standard InChI is InChI=1S/C25H34N2O2/c1-3-5-6-7-8-10-14-20-18-26-24(27-19-20)23(25(28)29)17-22(13-4-2)21-15-11-9-12-16-21/h9,11-12,15-19,22H,3-8,10,13-14H2,1-2H3,(H,28,29)/b23-17+. The van der Waals surface area contributed by atoms with Crippen LogP contribution in [-0.2, 0) is 11.2 Å². The molecule has 1 atom stereocenters. The number of aliphatic carboxylic acids is 1. The monoisotopic (exact) mass is 394 g/mol. The molecule has 2 aromatic rings. The Morgan fingerprint density at radius 2 is 1.62 bits per heavy atom. The number of nitrogens with zero attached hydrogens (tertiary/aromatic N) is 2. The zero-order valence-electron chi connectivity index (χ0n) is 17.8. The fourth-order valence-electron chi connectivity index (χ4n) is 3.53.